The molecule has 0 aliphatic carbocycles. The van der Waals surface area contributed by atoms with E-state index in [1.165, 1.54) is 0 Å². The maximum atomic E-state index is 11.4. The Hall–Kier alpha value is -0.570. The molecular weight excluding hydrogens is 190 g/mol. The van der Waals surface area contributed by atoms with Crippen LogP contribution in [0.3, 0.4) is 0 Å². The summed E-state index contributed by atoms with van der Waals surface area (Å²) in [4.78, 5) is 13.5. The zero-order valence-electron chi connectivity index (χ0n) is 10.3. The predicted molar refractivity (Wildman–Crippen MR) is 60.8 cm³/mol. The SMILES string of the molecule is CC(C)CC(C)(C(=O)O)N1CCC(C)C1. The molecule has 0 aromatic heterocycles. The molecule has 1 aliphatic rings. The van der Waals surface area contributed by atoms with Crippen molar-refractivity contribution in [3.63, 3.8) is 0 Å². The number of rotatable bonds is 4. The van der Waals surface area contributed by atoms with Crippen LogP contribution in [0.5, 0.6) is 0 Å². The van der Waals surface area contributed by atoms with E-state index >= 15 is 0 Å². The first-order chi connectivity index (χ1) is 6.86. The average Bonchev–Trinajstić information content (AvgIpc) is 2.50. The first-order valence-corrected chi connectivity index (χ1v) is 5.84. The van der Waals surface area contributed by atoms with E-state index in [1.807, 2.05) is 6.92 Å². The van der Waals surface area contributed by atoms with Gasteiger partial charge in [-0.15, -0.1) is 0 Å². The Morgan fingerprint density at radius 2 is 2.20 bits per heavy atom. The monoisotopic (exact) mass is 213 g/mol. The van der Waals surface area contributed by atoms with Crippen LogP contribution in [0.1, 0.15) is 40.5 Å². The van der Waals surface area contributed by atoms with Gasteiger partial charge in [-0.2, -0.15) is 0 Å². The van der Waals surface area contributed by atoms with Crippen molar-refractivity contribution in [3.8, 4) is 0 Å². The third-order valence-electron chi connectivity index (χ3n) is 3.39. The van der Waals surface area contributed by atoms with Gasteiger partial charge in [-0.3, -0.25) is 9.69 Å². The third kappa shape index (κ3) is 2.71. The summed E-state index contributed by atoms with van der Waals surface area (Å²) in [6.07, 6.45) is 1.86. The molecule has 0 spiro atoms. The largest absolute Gasteiger partial charge is 0.480 e. The molecule has 3 heteroatoms. The molecule has 15 heavy (non-hydrogen) atoms. The van der Waals surface area contributed by atoms with Gasteiger partial charge in [0.05, 0.1) is 0 Å². The van der Waals surface area contributed by atoms with E-state index in [0.29, 0.717) is 11.8 Å². The second kappa shape index (κ2) is 4.52. The van der Waals surface area contributed by atoms with Crippen molar-refractivity contribution in [1.82, 2.24) is 4.90 Å². The van der Waals surface area contributed by atoms with Gasteiger partial charge in [-0.1, -0.05) is 20.8 Å². The summed E-state index contributed by atoms with van der Waals surface area (Å²) >= 11 is 0. The van der Waals surface area contributed by atoms with E-state index in [-0.39, 0.29) is 0 Å². The van der Waals surface area contributed by atoms with Crippen LogP contribution in [-0.2, 0) is 4.79 Å². The van der Waals surface area contributed by atoms with Gasteiger partial charge in [-0.25, -0.2) is 0 Å². The summed E-state index contributed by atoms with van der Waals surface area (Å²) in [6, 6.07) is 0. The lowest BCUT2D eigenvalue weighted by molar-refractivity contribution is -0.151. The molecule has 1 N–H and O–H groups in total. The highest BCUT2D eigenvalue weighted by atomic mass is 16.4. The normalized spacial score (nSPS) is 26.9. The Bertz CT molecular complexity index is 240. The highest BCUT2D eigenvalue weighted by Gasteiger charge is 2.42. The van der Waals surface area contributed by atoms with Crippen molar-refractivity contribution < 1.29 is 9.90 Å². The molecule has 0 amide bonds. The predicted octanol–water partition coefficient (Wildman–Crippen LogP) is 2.22. The molecule has 1 saturated heterocycles. The maximum absolute atomic E-state index is 11.4. The van der Waals surface area contributed by atoms with Gasteiger partial charge in [0.15, 0.2) is 0 Å². The summed E-state index contributed by atoms with van der Waals surface area (Å²) in [5.41, 5.74) is -0.668. The van der Waals surface area contributed by atoms with Gasteiger partial charge in [0.25, 0.3) is 0 Å². The van der Waals surface area contributed by atoms with Crippen molar-refractivity contribution in [2.45, 2.75) is 46.1 Å². The molecule has 2 atom stereocenters. The second-order valence-corrected chi connectivity index (χ2v) is 5.52. The molecule has 1 heterocycles. The minimum Gasteiger partial charge on any atom is -0.480 e. The number of hydrogen-bond acceptors (Lipinski definition) is 2. The highest BCUT2D eigenvalue weighted by molar-refractivity contribution is 5.78. The highest BCUT2D eigenvalue weighted by Crippen LogP contribution is 2.30. The number of carboxylic acids is 1. The Morgan fingerprint density at radius 3 is 2.53 bits per heavy atom. The van der Waals surface area contributed by atoms with E-state index in [4.69, 9.17) is 0 Å². The van der Waals surface area contributed by atoms with Crippen LogP contribution in [0.2, 0.25) is 0 Å². The fourth-order valence-electron chi connectivity index (χ4n) is 2.53. The Morgan fingerprint density at radius 1 is 1.60 bits per heavy atom. The molecule has 3 nitrogen and oxygen atoms in total. The van der Waals surface area contributed by atoms with Crippen molar-refractivity contribution in [2.24, 2.45) is 11.8 Å². The molecular formula is C12H23NO2. The van der Waals surface area contributed by atoms with Crippen LogP contribution >= 0.6 is 0 Å². The summed E-state index contributed by atoms with van der Waals surface area (Å²) in [5, 5.41) is 9.39. The van der Waals surface area contributed by atoms with Crippen LogP contribution < -0.4 is 0 Å². The van der Waals surface area contributed by atoms with Crippen LogP contribution in [0, 0.1) is 11.8 Å². The molecule has 0 aromatic carbocycles. The number of nitrogens with zero attached hydrogens (tertiary/aromatic N) is 1. The molecule has 0 aromatic rings. The molecule has 1 rings (SSSR count). The smallest absolute Gasteiger partial charge is 0.323 e. The van der Waals surface area contributed by atoms with E-state index in [0.717, 1.165) is 25.9 Å². The first kappa shape index (κ1) is 12.5. The Labute approximate surface area is 92.5 Å². The Kier molecular flexibility index (Phi) is 3.77. The van der Waals surface area contributed by atoms with E-state index in [1.54, 1.807) is 0 Å². The zero-order chi connectivity index (χ0) is 11.6. The van der Waals surface area contributed by atoms with E-state index in [2.05, 4.69) is 25.7 Å². The van der Waals surface area contributed by atoms with Crippen LogP contribution in [-0.4, -0.2) is 34.6 Å². The fourth-order valence-corrected chi connectivity index (χ4v) is 2.53. The van der Waals surface area contributed by atoms with Crippen LogP contribution in [0.4, 0.5) is 0 Å². The van der Waals surface area contributed by atoms with E-state index < -0.39 is 11.5 Å². The standard InChI is InChI=1S/C12H23NO2/c1-9(2)7-12(4,11(14)15)13-6-5-10(3)8-13/h9-10H,5-8H2,1-4H3,(H,14,15). The van der Waals surface area contributed by atoms with Crippen molar-refractivity contribution in [1.29, 1.82) is 0 Å². The number of carbonyl (C=O) groups is 1. The third-order valence-corrected chi connectivity index (χ3v) is 3.39. The topological polar surface area (TPSA) is 40.5 Å². The van der Waals surface area contributed by atoms with Gasteiger partial charge < -0.3 is 5.11 Å². The lowest BCUT2D eigenvalue weighted by atomic mass is 9.89. The van der Waals surface area contributed by atoms with Crippen molar-refractivity contribution in [2.75, 3.05) is 13.1 Å². The quantitative estimate of drug-likeness (QED) is 0.778. The molecule has 1 aliphatic heterocycles. The number of carboxylic acid groups (broad SMARTS) is 1. The molecule has 0 bridgehead atoms. The summed E-state index contributed by atoms with van der Waals surface area (Å²) in [5.74, 6) is 0.378. The van der Waals surface area contributed by atoms with Gasteiger partial charge in [0.1, 0.15) is 5.54 Å². The summed E-state index contributed by atoms with van der Waals surface area (Å²) in [6.45, 7) is 10.1. The number of aliphatic carboxylic acids is 1. The van der Waals surface area contributed by atoms with Gasteiger partial charge in [0.2, 0.25) is 0 Å². The van der Waals surface area contributed by atoms with Crippen molar-refractivity contribution >= 4 is 5.97 Å². The fraction of sp³-hybridized carbons (Fsp3) is 0.917. The summed E-state index contributed by atoms with van der Waals surface area (Å²) in [7, 11) is 0. The zero-order valence-corrected chi connectivity index (χ0v) is 10.3. The minimum atomic E-state index is -0.676. The van der Waals surface area contributed by atoms with Gasteiger partial charge in [0, 0.05) is 6.54 Å². The Balaban J connectivity index is 2.76. The number of likely N-dealkylation sites (tertiary alicyclic amines) is 1. The van der Waals surface area contributed by atoms with Crippen LogP contribution in [0.25, 0.3) is 0 Å². The van der Waals surface area contributed by atoms with Gasteiger partial charge in [-0.05, 0) is 38.1 Å². The lowest BCUT2D eigenvalue weighted by Gasteiger charge is -2.36. The average molecular weight is 213 g/mol. The minimum absolute atomic E-state index is 0.419. The first-order valence-electron chi connectivity index (χ1n) is 5.84. The molecule has 0 radical (unpaired) electrons. The summed E-state index contributed by atoms with van der Waals surface area (Å²) < 4.78 is 0. The second-order valence-electron chi connectivity index (χ2n) is 5.52. The molecule has 2 unspecified atom stereocenters. The number of hydrogen-bond donors (Lipinski definition) is 1. The molecule has 1 fully saturated rings. The maximum Gasteiger partial charge on any atom is 0.323 e. The van der Waals surface area contributed by atoms with E-state index in [9.17, 15) is 9.90 Å². The molecule has 0 saturated carbocycles. The van der Waals surface area contributed by atoms with Crippen molar-refractivity contribution in [3.05, 3.63) is 0 Å². The molecule has 88 valence electrons. The van der Waals surface area contributed by atoms with Crippen LogP contribution in [0.15, 0.2) is 0 Å². The van der Waals surface area contributed by atoms with Gasteiger partial charge >= 0.3 is 5.97 Å². The lowest BCUT2D eigenvalue weighted by Crippen LogP contribution is -2.52.